The predicted molar refractivity (Wildman–Crippen MR) is 99.8 cm³/mol. The van der Waals surface area contributed by atoms with Crippen molar-refractivity contribution in [3.63, 3.8) is 0 Å². The molecule has 0 unspecified atom stereocenters. The molecule has 0 spiro atoms. The Hall–Kier alpha value is -1.83. The second-order valence-electron chi connectivity index (χ2n) is 5.53. The van der Waals surface area contributed by atoms with Gasteiger partial charge in [0.2, 0.25) is 5.91 Å². The molecular weight excluding hydrogens is 366 g/mol. The number of amidine groups is 1. The van der Waals surface area contributed by atoms with Crippen molar-refractivity contribution in [2.24, 2.45) is 5.10 Å². The summed E-state index contributed by atoms with van der Waals surface area (Å²) in [5.74, 6) is -0.434. The van der Waals surface area contributed by atoms with Crippen LogP contribution in [0.25, 0.3) is 0 Å². The van der Waals surface area contributed by atoms with E-state index in [2.05, 4.69) is 10.5 Å². The van der Waals surface area contributed by atoms with Gasteiger partial charge in [0.15, 0.2) is 5.17 Å². The van der Waals surface area contributed by atoms with Crippen LogP contribution in [-0.4, -0.2) is 21.7 Å². The first kappa shape index (κ1) is 17.0. The van der Waals surface area contributed by atoms with Gasteiger partial charge in [-0.3, -0.25) is 14.5 Å². The average Bonchev–Trinajstić information content (AvgIpc) is 3.08. The first-order valence-corrected chi connectivity index (χ1v) is 9.11. The monoisotopic (exact) mass is 379 g/mol. The Kier molecular flexibility index (Phi) is 4.67. The Balaban J connectivity index is 1.87. The lowest BCUT2D eigenvalue weighted by Gasteiger charge is -2.17. The van der Waals surface area contributed by atoms with E-state index >= 15 is 0 Å². The van der Waals surface area contributed by atoms with E-state index in [4.69, 9.17) is 11.6 Å². The summed E-state index contributed by atoms with van der Waals surface area (Å²) in [5.41, 5.74) is 3.21. The topological polar surface area (TPSA) is 61.8 Å². The number of carbonyl (C=O) groups excluding carboxylic acids is 2. The van der Waals surface area contributed by atoms with Gasteiger partial charge in [0.05, 0.1) is 19.6 Å². The lowest BCUT2D eigenvalue weighted by molar-refractivity contribution is -0.118. The van der Waals surface area contributed by atoms with Gasteiger partial charge in [-0.25, -0.2) is 5.43 Å². The molecule has 1 N–H and O–H groups in total. The van der Waals surface area contributed by atoms with Crippen LogP contribution >= 0.6 is 34.7 Å². The third kappa shape index (κ3) is 3.33. The van der Waals surface area contributed by atoms with Gasteiger partial charge in [-0.2, -0.15) is 0 Å². The Labute approximate surface area is 152 Å². The average molecular weight is 380 g/mol. The van der Waals surface area contributed by atoms with E-state index in [9.17, 15) is 9.59 Å². The number of thiophene rings is 1. The fourth-order valence-electron chi connectivity index (χ4n) is 2.14. The summed E-state index contributed by atoms with van der Waals surface area (Å²) in [7, 11) is 0. The van der Waals surface area contributed by atoms with E-state index in [1.165, 1.54) is 28.0 Å². The Morgan fingerprint density at radius 1 is 1.21 bits per heavy atom. The van der Waals surface area contributed by atoms with Crippen molar-refractivity contribution in [1.29, 1.82) is 0 Å². The second kappa shape index (κ2) is 6.58. The molecule has 0 radical (unpaired) electrons. The van der Waals surface area contributed by atoms with Crippen LogP contribution in [0.4, 0.5) is 5.69 Å². The summed E-state index contributed by atoms with van der Waals surface area (Å²) < 4.78 is -0.115. The van der Waals surface area contributed by atoms with Crippen LogP contribution in [0.5, 0.6) is 0 Å². The van der Waals surface area contributed by atoms with Crippen LogP contribution in [0.2, 0.25) is 4.34 Å². The van der Waals surface area contributed by atoms with Crippen LogP contribution in [0.15, 0.2) is 47.6 Å². The van der Waals surface area contributed by atoms with Crippen molar-refractivity contribution in [3.8, 4) is 0 Å². The molecule has 2 amide bonds. The molecule has 3 rings (SSSR count). The molecule has 124 valence electrons. The molecule has 1 aromatic carbocycles. The number of nitrogens with one attached hydrogen (secondary N) is 1. The summed E-state index contributed by atoms with van der Waals surface area (Å²) in [6, 6.07) is 12.5. The number of halogens is 1. The van der Waals surface area contributed by atoms with Gasteiger partial charge in [0.25, 0.3) is 5.91 Å². The lowest BCUT2D eigenvalue weighted by Crippen LogP contribution is -2.36. The molecule has 0 atom stereocenters. The lowest BCUT2D eigenvalue weighted by atomic mass is 10.1. The number of hydrogen-bond donors (Lipinski definition) is 1. The van der Waals surface area contributed by atoms with Crippen LogP contribution < -0.4 is 10.3 Å². The van der Waals surface area contributed by atoms with Crippen molar-refractivity contribution in [1.82, 2.24) is 5.43 Å². The molecule has 2 heterocycles. The van der Waals surface area contributed by atoms with Crippen LogP contribution in [-0.2, 0) is 4.79 Å². The normalized spacial score (nSPS) is 18.2. The zero-order chi connectivity index (χ0) is 17.3. The molecule has 0 saturated carbocycles. The Morgan fingerprint density at radius 2 is 1.92 bits per heavy atom. The van der Waals surface area contributed by atoms with Gasteiger partial charge in [0.1, 0.15) is 0 Å². The van der Waals surface area contributed by atoms with E-state index in [1.54, 1.807) is 12.1 Å². The van der Waals surface area contributed by atoms with Crippen molar-refractivity contribution in [2.45, 2.75) is 18.6 Å². The summed E-state index contributed by atoms with van der Waals surface area (Å²) in [6.07, 6.45) is 0. The highest BCUT2D eigenvalue weighted by Crippen LogP contribution is 2.39. The smallest absolute Gasteiger partial charge is 0.272 e. The third-order valence-electron chi connectivity index (χ3n) is 3.32. The maximum Gasteiger partial charge on any atom is 0.281 e. The van der Waals surface area contributed by atoms with E-state index in [-0.39, 0.29) is 11.8 Å². The van der Waals surface area contributed by atoms with Crippen molar-refractivity contribution >= 4 is 57.4 Å². The van der Waals surface area contributed by atoms with Crippen LogP contribution in [0, 0.1) is 0 Å². The summed E-state index contributed by atoms with van der Waals surface area (Å²) in [5, 5.41) is 4.60. The first-order chi connectivity index (χ1) is 11.4. The van der Waals surface area contributed by atoms with Crippen LogP contribution in [0.3, 0.4) is 0 Å². The van der Waals surface area contributed by atoms with Gasteiger partial charge in [0, 0.05) is 0 Å². The van der Waals surface area contributed by atoms with E-state index in [0.717, 1.165) is 0 Å². The molecule has 1 aliphatic rings. The standard InChI is InChI=1S/C16H14ClN3O2S2/c1-16(2)14(22)20(10-6-4-3-5-7-10)15(24-16)19-18-13(21)11-8-9-12(17)23-11/h3-9H,1-2H3,(H,18,21). The molecule has 2 aromatic rings. The zero-order valence-corrected chi connectivity index (χ0v) is 15.3. The number of para-hydroxylation sites is 1. The number of thioether (sulfide) groups is 1. The van der Waals surface area contributed by atoms with Crippen LogP contribution in [0.1, 0.15) is 23.5 Å². The SMILES string of the molecule is CC1(C)SC(=NNC(=O)c2ccc(Cl)s2)N(c2ccccc2)C1=O. The maximum absolute atomic E-state index is 12.7. The van der Waals surface area contributed by atoms with Gasteiger partial charge < -0.3 is 0 Å². The maximum atomic E-state index is 12.7. The summed E-state index contributed by atoms with van der Waals surface area (Å²) in [6.45, 7) is 3.67. The fraction of sp³-hybridized carbons (Fsp3) is 0.188. The molecule has 24 heavy (non-hydrogen) atoms. The van der Waals surface area contributed by atoms with Crippen molar-refractivity contribution in [3.05, 3.63) is 51.7 Å². The Morgan fingerprint density at radius 3 is 2.54 bits per heavy atom. The number of rotatable bonds is 3. The number of benzene rings is 1. The molecule has 5 nitrogen and oxygen atoms in total. The first-order valence-electron chi connectivity index (χ1n) is 7.10. The van der Waals surface area contributed by atoms with Gasteiger partial charge in [-0.1, -0.05) is 41.6 Å². The number of nitrogens with zero attached hydrogens (tertiary/aromatic N) is 2. The largest absolute Gasteiger partial charge is 0.281 e. The fourth-order valence-corrected chi connectivity index (χ4v) is 4.08. The highest BCUT2D eigenvalue weighted by atomic mass is 35.5. The number of hydrazone groups is 1. The van der Waals surface area contributed by atoms with E-state index in [1.807, 2.05) is 44.2 Å². The summed E-state index contributed by atoms with van der Waals surface area (Å²) in [4.78, 5) is 26.8. The van der Waals surface area contributed by atoms with Crippen molar-refractivity contribution in [2.75, 3.05) is 4.90 Å². The molecule has 1 aromatic heterocycles. The van der Waals surface area contributed by atoms with Crippen molar-refractivity contribution < 1.29 is 9.59 Å². The molecule has 1 fully saturated rings. The Bertz CT molecular complexity index is 818. The van der Waals surface area contributed by atoms with E-state index < -0.39 is 4.75 Å². The minimum absolute atomic E-state index is 0.0779. The summed E-state index contributed by atoms with van der Waals surface area (Å²) >= 11 is 8.32. The molecule has 1 saturated heterocycles. The highest BCUT2D eigenvalue weighted by Gasteiger charge is 2.45. The second-order valence-corrected chi connectivity index (χ2v) is 8.83. The molecule has 1 aliphatic heterocycles. The number of hydrogen-bond acceptors (Lipinski definition) is 5. The highest BCUT2D eigenvalue weighted by molar-refractivity contribution is 8.16. The quantitative estimate of drug-likeness (QED) is 0.821. The minimum Gasteiger partial charge on any atom is -0.272 e. The number of anilines is 1. The van der Waals surface area contributed by atoms with Gasteiger partial charge >= 0.3 is 0 Å². The van der Waals surface area contributed by atoms with Gasteiger partial charge in [-0.05, 0) is 38.1 Å². The third-order valence-corrected chi connectivity index (χ3v) is 5.69. The predicted octanol–water partition coefficient (Wildman–Crippen LogP) is 3.96. The zero-order valence-electron chi connectivity index (χ0n) is 12.9. The minimum atomic E-state index is -0.647. The van der Waals surface area contributed by atoms with E-state index in [0.29, 0.717) is 20.1 Å². The van der Waals surface area contributed by atoms with Gasteiger partial charge in [-0.15, -0.1) is 16.4 Å². The number of carbonyl (C=O) groups is 2. The molecule has 0 aliphatic carbocycles. The molecule has 0 bridgehead atoms. The molecule has 8 heteroatoms. The number of amides is 2. The molecular formula is C16H14ClN3O2S2.